The number of hydrogen-bond donors (Lipinski definition) is 2. The molecule has 0 aliphatic rings. The zero-order valence-electron chi connectivity index (χ0n) is 13.9. The third-order valence-electron chi connectivity index (χ3n) is 3.53. The molecule has 1 heterocycles. The standard InChI is InChI=1S/C19H21N3O2/c1-3-14(2)11-18(23)22-17-8-6-15(7-9-17)12-21-19(24)16-5-4-10-20-13-16/h4-11,13H,3,12H2,1-2H3,(H,21,24)(H,22,23)/b14-11+. The SMILES string of the molecule is CC/C(C)=C/C(=O)Nc1ccc(CNC(=O)c2cccnc2)cc1. The predicted octanol–water partition coefficient (Wildman–Crippen LogP) is 3.31. The minimum Gasteiger partial charge on any atom is -0.348 e. The number of nitrogens with one attached hydrogen (secondary N) is 2. The van der Waals surface area contributed by atoms with Crippen molar-refractivity contribution in [3.8, 4) is 0 Å². The van der Waals surface area contributed by atoms with Crippen molar-refractivity contribution in [1.82, 2.24) is 10.3 Å². The van der Waals surface area contributed by atoms with Gasteiger partial charge < -0.3 is 10.6 Å². The first-order chi connectivity index (χ1) is 11.6. The average molecular weight is 323 g/mol. The van der Waals surface area contributed by atoms with E-state index < -0.39 is 0 Å². The van der Waals surface area contributed by atoms with Gasteiger partial charge in [0, 0.05) is 30.7 Å². The Balaban J connectivity index is 1.88. The molecule has 0 bridgehead atoms. The molecule has 0 atom stereocenters. The molecule has 0 saturated heterocycles. The fourth-order valence-corrected chi connectivity index (χ4v) is 1.99. The molecule has 1 aromatic heterocycles. The maximum atomic E-state index is 11.9. The highest BCUT2D eigenvalue weighted by atomic mass is 16.2. The second-order valence-electron chi connectivity index (χ2n) is 5.45. The Hall–Kier alpha value is -2.95. The van der Waals surface area contributed by atoms with Gasteiger partial charge in [-0.05, 0) is 43.2 Å². The highest BCUT2D eigenvalue weighted by Crippen LogP contribution is 2.10. The number of carbonyl (C=O) groups is 2. The van der Waals surface area contributed by atoms with E-state index in [2.05, 4.69) is 15.6 Å². The maximum absolute atomic E-state index is 11.9. The largest absolute Gasteiger partial charge is 0.348 e. The lowest BCUT2D eigenvalue weighted by molar-refractivity contribution is -0.112. The lowest BCUT2D eigenvalue weighted by Gasteiger charge is -2.07. The molecule has 0 radical (unpaired) electrons. The van der Waals surface area contributed by atoms with Gasteiger partial charge in [0.05, 0.1) is 5.56 Å². The molecule has 24 heavy (non-hydrogen) atoms. The Morgan fingerprint density at radius 3 is 2.54 bits per heavy atom. The summed E-state index contributed by atoms with van der Waals surface area (Å²) >= 11 is 0. The first kappa shape index (κ1) is 17.4. The summed E-state index contributed by atoms with van der Waals surface area (Å²) in [6, 6.07) is 10.8. The second kappa shape index (κ2) is 8.62. The Morgan fingerprint density at radius 2 is 1.92 bits per heavy atom. The highest BCUT2D eigenvalue weighted by Gasteiger charge is 2.05. The second-order valence-corrected chi connectivity index (χ2v) is 5.45. The summed E-state index contributed by atoms with van der Waals surface area (Å²) in [5.41, 5.74) is 3.23. The number of aromatic nitrogens is 1. The van der Waals surface area contributed by atoms with Crippen LogP contribution >= 0.6 is 0 Å². The Bertz CT molecular complexity index is 722. The molecule has 2 amide bonds. The molecule has 2 aromatic rings. The van der Waals surface area contributed by atoms with E-state index in [4.69, 9.17) is 0 Å². The summed E-state index contributed by atoms with van der Waals surface area (Å²) in [6.07, 6.45) is 5.60. The number of nitrogens with zero attached hydrogens (tertiary/aromatic N) is 1. The summed E-state index contributed by atoms with van der Waals surface area (Å²) in [5, 5.41) is 5.65. The van der Waals surface area contributed by atoms with Crippen molar-refractivity contribution >= 4 is 17.5 Å². The molecule has 0 aliphatic carbocycles. The van der Waals surface area contributed by atoms with Crippen molar-refractivity contribution < 1.29 is 9.59 Å². The van der Waals surface area contributed by atoms with Gasteiger partial charge in [-0.2, -0.15) is 0 Å². The number of benzene rings is 1. The van der Waals surface area contributed by atoms with Gasteiger partial charge in [0.1, 0.15) is 0 Å². The summed E-state index contributed by atoms with van der Waals surface area (Å²) in [7, 11) is 0. The minimum absolute atomic E-state index is 0.132. The van der Waals surface area contributed by atoms with Crippen molar-refractivity contribution in [2.24, 2.45) is 0 Å². The molecular weight excluding hydrogens is 302 g/mol. The molecule has 5 nitrogen and oxygen atoms in total. The number of hydrogen-bond acceptors (Lipinski definition) is 3. The van der Waals surface area contributed by atoms with Crippen molar-refractivity contribution in [2.75, 3.05) is 5.32 Å². The van der Waals surface area contributed by atoms with Crippen LogP contribution in [0.2, 0.25) is 0 Å². The Morgan fingerprint density at radius 1 is 1.17 bits per heavy atom. The van der Waals surface area contributed by atoms with E-state index in [1.165, 1.54) is 6.20 Å². The zero-order chi connectivity index (χ0) is 17.4. The van der Waals surface area contributed by atoms with Crippen LogP contribution in [0.4, 0.5) is 5.69 Å². The number of pyridine rings is 1. The van der Waals surface area contributed by atoms with E-state index in [1.54, 1.807) is 24.4 Å². The Kier molecular flexibility index (Phi) is 6.25. The molecule has 124 valence electrons. The zero-order valence-corrected chi connectivity index (χ0v) is 13.9. The number of amides is 2. The van der Waals surface area contributed by atoms with E-state index in [-0.39, 0.29) is 11.8 Å². The van der Waals surface area contributed by atoms with Crippen molar-refractivity contribution in [3.63, 3.8) is 0 Å². The van der Waals surface area contributed by atoms with Crippen LogP contribution in [0, 0.1) is 0 Å². The predicted molar refractivity (Wildman–Crippen MR) is 94.5 cm³/mol. The van der Waals surface area contributed by atoms with E-state index in [0.717, 1.165) is 23.2 Å². The fourth-order valence-electron chi connectivity index (χ4n) is 1.99. The van der Waals surface area contributed by atoms with Gasteiger partial charge in [-0.1, -0.05) is 24.6 Å². The van der Waals surface area contributed by atoms with Gasteiger partial charge in [0.15, 0.2) is 0 Å². The van der Waals surface area contributed by atoms with Crippen LogP contribution in [0.5, 0.6) is 0 Å². The smallest absolute Gasteiger partial charge is 0.253 e. The third kappa shape index (κ3) is 5.35. The molecule has 2 N–H and O–H groups in total. The van der Waals surface area contributed by atoms with Crippen LogP contribution in [0.1, 0.15) is 36.2 Å². The van der Waals surface area contributed by atoms with Gasteiger partial charge in [-0.25, -0.2) is 0 Å². The summed E-state index contributed by atoms with van der Waals surface area (Å²) in [4.78, 5) is 27.7. The Labute approximate surface area is 141 Å². The van der Waals surface area contributed by atoms with Gasteiger partial charge >= 0.3 is 0 Å². The van der Waals surface area contributed by atoms with E-state index in [1.807, 2.05) is 38.1 Å². The van der Waals surface area contributed by atoms with Crippen LogP contribution in [0.3, 0.4) is 0 Å². The quantitative estimate of drug-likeness (QED) is 0.801. The van der Waals surface area contributed by atoms with Crippen molar-refractivity contribution in [2.45, 2.75) is 26.8 Å². The summed E-state index contributed by atoms with van der Waals surface area (Å²) in [6.45, 7) is 4.35. The molecule has 5 heteroatoms. The van der Waals surface area contributed by atoms with Crippen LogP contribution < -0.4 is 10.6 Å². The van der Waals surface area contributed by atoms with Crippen molar-refractivity contribution in [3.05, 3.63) is 71.6 Å². The lowest BCUT2D eigenvalue weighted by Crippen LogP contribution is -2.22. The molecule has 0 aliphatic heterocycles. The lowest BCUT2D eigenvalue weighted by atomic mass is 10.2. The first-order valence-electron chi connectivity index (χ1n) is 7.84. The van der Waals surface area contributed by atoms with Gasteiger partial charge in [-0.3, -0.25) is 14.6 Å². The van der Waals surface area contributed by atoms with Crippen LogP contribution in [0.15, 0.2) is 60.4 Å². The van der Waals surface area contributed by atoms with Crippen molar-refractivity contribution in [1.29, 1.82) is 0 Å². The van der Waals surface area contributed by atoms with E-state index in [0.29, 0.717) is 12.1 Å². The van der Waals surface area contributed by atoms with E-state index >= 15 is 0 Å². The van der Waals surface area contributed by atoms with Gasteiger partial charge in [0.2, 0.25) is 5.91 Å². The topological polar surface area (TPSA) is 71.1 Å². The van der Waals surface area contributed by atoms with Crippen LogP contribution in [-0.4, -0.2) is 16.8 Å². The normalized spacial score (nSPS) is 11.0. The molecule has 0 unspecified atom stereocenters. The molecular formula is C19H21N3O2. The molecule has 0 fully saturated rings. The minimum atomic E-state index is -0.166. The maximum Gasteiger partial charge on any atom is 0.253 e. The monoisotopic (exact) mass is 323 g/mol. The summed E-state index contributed by atoms with van der Waals surface area (Å²) in [5.74, 6) is -0.298. The van der Waals surface area contributed by atoms with E-state index in [9.17, 15) is 9.59 Å². The molecule has 2 rings (SSSR count). The first-order valence-corrected chi connectivity index (χ1v) is 7.84. The molecule has 0 spiro atoms. The number of rotatable bonds is 6. The number of allylic oxidation sites excluding steroid dienone is 1. The van der Waals surface area contributed by atoms with Gasteiger partial charge in [-0.15, -0.1) is 0 Å². The van der Waals surface area contributed by atoms with Crippen LogP contribution in [-0.2, 0) is 11.3 Å². The number of carbonyl (C=O) groups excluding carboxylic acids is 2. The molecule has 0 saturated carbocycles. The van der Waals surface area contributed by atoms with Crippen LogP contribution in [0.25, 0.3) is 0 Å². The average Bonchev–Trinajstić information content (AvgIpc) is 2.61. The fraction of sp³-hybridized carbons (Fsp3) is 0.211. The number of anilines is 1. The highest BCUT2D eigenvalue weighted by molar-refractivity contribution is 5.99. The van der Waals surface area contributed by atoms with Gasteiger partial charge in [0.25, 0.3) is 5.91 Å². The molecule has 1 aromatic carbocycles. The third-order valence-corrected chi connectivity index (χ3v) is 3.53. The summed E-state index contributed by atoms with van der Waals surface area (Å²) < 4.78 is 0.